The Morgan fingerprint density at radius 3 is 1.97 bits per heavy atom. The molecule has 2 aromatic rings. The first-order valence-electron chi connectivity index (χ1n) is 9.96. The molecule has 3 rings (SSSR count). The third-order valence-corrected chi connectivity index (χ3v) is 5.70. The third-order valence-electron chi connectivity index (χ3n) is 5.70. The van der Waals surface area contributed by atoms with Crippen LogP contribution >= 0.6 is 12.4 Å². The maximum atomic E-state index is 12.9. The number of hydrogen-bond donors (Lipinski definition) is 2. The Kier molecular flexibility index (Phi) is 8.53. The van der Waals surface area contributed by atoms with Crippen LogP contribution in [0.2, 0.25) is 0 Å². The molecule has 3 N–H and O–H groups in total. The van der Waals surface area contributed by atoms with Crippen LogP contribution in [-0.4, -0.2) is 51.2 Å². The van der Waals surface area contributed by atoms with Gasteiger partial charge in [-0.05, 0) is 60.3 Å². The summed E-state index contributed by atoms with van der Waals surface area (Å²) >= 11 is 0. The van der Waals surface area contributed by atoms with Crippen LogP contribution in [-0.2, 0) is 4.79 Å². The first-order chi connectivity index (χ1) is 14.0. The van der Waals surface area contributed by atoms with E-state index in [4.69, 9.17) is 15.2 Å². The van der Waals surface area contributed by atoms with E-state index in [1.54, 1.807) is 14.2 Å². The fourth-order valence-corrected chi connectivity index (χ4v) is 3.79. The van der Waals surface area contributed by atoms with Crippen molar-refractivity contribution in [3.63, 3.8) is 0 Å². The Morgan fingerprint density at radius 2 is 1.57 bits per heavy atom. The summed E-state index contributed by atoms with van der Waals surface area (Å²) < 4.78 is 10.5. The lowest BCUT2D eigenvalue weighted by molar-refractivity contribution is -0.122. The molecular weight excluding hydrogens is 402 g/mol. The van der Waals surface area contributed by atoms with Gasteiger partial charge in [0.25, 0.3) is 0 Å². The summed E-state index contributed by atoms with van der Waals surface area (Å²) in [5, 5.41) is 3.20. The van der Waals surface area contributed by atoms with Crippen molar-refractivity contribution in [1.29, 1.82) is 0 Å². The van der Waals surface area contributed by atoms with E-state index in [0.717, 1.165) is 42.1 Å². The number of methoxy groups -OCH3 is 2. The largest absolute Gasteiger partial charge is 0.497 e. The van der Waals surface area contributed by atoms with Crippen LogP contribution in [0.4, 0.5) is 0 Å². The summed E-state index contributed by atoms with van der Waals surface area (Å²) in [5.74, 6) is 1.57. The van der Waals surface area contributed by atoms with Gasteiger partial charge in [-0.2, -0.15) is 0 Å². The number of carbonyl (C=O) groups excluding carboxylic acids is 1. The molecule has 1 aliphatic rings. The SMILES string of the molecule is COc1ccc(C(NC(=O)CN2CCC(C)(CN)C2)c2ccc(OC)cc2)cc1.Cl. The van der Waals surface area contributed by atoms with Crippen molar-refractivity contribution in [2.24, 2.45) is 11.1 Å². The Hall–Kier alpha value is -2.28. The van der Waals surface area contributed by atoms with Crippen LogP contribution in [0, 0.1) is 5.41 Å². The number of amides is 1. The Morgan fingerprint density at radius 1 is 1.07 bits per heavy atom. The number of benzene rings is 2. The highest BCUT2D eigenvalue weighted by atomic mass is 35.5. The third kappa shape index (κ3) is 5.88. The molecule has 1 unspecified atom stereocenters. The van der Waals surface area contributed by atoms with Gasteiger partial charge < -0.3 is 20.5 Å². The molecule has 0 aliphatic carbocycles. The van der Waals surface area contributed by atoms with E-state index < -0.39 is 0 Å². The standard InChI is InChI=1S/C23H31N3O3.ClH/c1-23(15-24)12-13-26(16-23)14-21(27)25-22(17-4-8-19(28-2)9-5-17)18-6-10-20(29-3)11-7-18;/h4-11,22H,12-16,24H2,1-3H3,(H,25,27);1H. The fraction of sp³-hybridized carbons (Fsp3) is 0.435. The number of rotatable bonds is 8. The Labute approximate surface area is 185 Å². The van der Waals surface area contributed by atoms with Crippen molar-refractivity contribution in [3.8, 4) is 11.5 Å². The summed E-state index contributed by atoms with van der Waals surface area (Å²) in [7, 11) is 3.28. The second-order valence-corrected chi connectivity index (χ2v) is 8.02. The molecule has 0 bridgehead atoms. The summed E-state index contributed by atoms with van der Waals surface area (Å²) in [6, 6.07) is 15.3. The van der Waals surface area contributed by atoms with Gasteiger partial charge >= 0.3 is 0 Å². The molecule has 1 atom stereocenters. The number of hydrogen-bond acceptors (Lipinski definition) is 5. The van der Waals surface area contributed by atoms with Crippen LogP contribution in [0.3, 0.4) is 0 Å². The number of nitrogens with two attached hydrogens (primary N) is 1. The van der Waals surface area contributed by atoms with Gasteiger partial charge in [-0.3, -0.25) is 9.69 Å². The van der Waals surface area contributed by atoms with Gasteiger partial charge in [0.1, 0.15) is 11.5 Å². The minimum Gasteiger partial charge on any atom is -0.497 e. The lowest BCUT2D eigenvalue weighted by Gasteiger charge is -2.24. The Balaban J connectivity index is 0.00000320. The van der Waals surface area contributed by atoms with E-state index in [9.17, 15) is 4.79 Å². The number of likely N-dealkylation sites (tertiary alicyclic amines) is 1. The summed E-state index contributed by atoms with van der Waals surface area (Å²) in [6.45, 7) is 4.95. The summed E-state index contributed by atoms with van der Waals surface area (Å²) in [6.07, 6.45) is 1.02. The molecule has 1 aliphatic heterocycles. The van der Waals surface area contributed by atoms with Gasteiger partial charge in [0, 0.05) is 6.54 Å². The van der Waals surface area contributed by atoms with Crippen LogP contribution < -0.4 is 20.5 Å². The molecule has 0 spiro atoms. The average Bonchev–Trinajstić information content (AvgIpc) is 3.13. The van der Waals surface area contributed by atoms with E-state index in [1.807, 2.05) is 48.5 Å². The zero-order valence-electron chi connectivity index (χ0n) is 17.9. The van der Waals surface area contributed by atoms with Gasteiger partial charge in [0.05, 0.1) is 26.8 Å². The van der Waals surface area contributed by atoms with Gasteiger partial charge in [-0.25, -0.2) is 0 Å². The lowest BCUT2D eigenvalue weighted by atomic mass is 9.90. The zero-order chi connectivity index (χ0) is 20.9. The van der Waals surface area contributed by atoms with Crippen LogP contribution in [0.15, 0.2) is 48.5 Å². The number of ether oxygens (including phenoxy) is 2. The van der Waals surface area contributed by atoms with E-state index >= 15 is 0 Å². The van der Waals surface area contributed by atoms with Crippen molar-refractivity contribution in [2.45, 2.75) is 19.4 Å². The molecule has 2 aromatic carbocycles. The van der Waals surface area contributed by atoms with Gasteiger partial charge in [-0.15, -0.1) is 12.4 Å². The minimum absolute atomic E-state index is 0. The van der Waals surface area contributed by atoms with Crippen LogP contribution in [0.1, 0.15) is 30.5 Å². The molecule has 0 aromatic heterocycles. The van der Waals surface area contributed by atoms with Crippen molar-refractivity contribution in [3.05, 3.63) is 59.7 Å². The predicted molar refractivity (Wildman–Crippen MR) is 121 cm³/mol. The monoisotopic (exact) mass is 433 g/mol. The highest BCUT2D eigenvalue weighted by molar-refractivity contribution is 5.85. The number of carbonyl (C=O) groups is 1. The molecule has 1 heterocycles. The number of nitrogens with zero attached hydrogens (tertiary/aromatic N) is 1. The van der Waals surface area contributed by atoms with Crippen molar-refractivity contribution < 1.29 is 14.3 Å². The first kappa shape index (κ1) is 24.0. The van der Waals surface area contributed by atoms with Gasteiger partial charge in [-0.1, -0.05) is 31.2 Å². The predicted octanol–water partition coefficient (Wildman–Crippen LogP) is 3.00. The second-order valence-electron chi connectivity index (χ2n) is 8.02. The van der Waals surface area contributed by atoms with E-state index in [-0.39, 0.29) is 29.8 Å². The highest BCUT2D eigenvalue weighted by Gasteiger charge is 2.33. The fourth-order valence-electron chi connectivity index (χ4n) is 3.79. The van der Waals surface area contributed by atoms with E-state index in [2.05, 4.69) is 17.1 Å². The summed E-state index contributed by atoms with van der Waals surface area (Å²) in [5.41, 5.74) is 7.99. The molecule has 6 nitrogen and oxygen atoms in total. The minimum atomic E-state index is -0.247. The summed E-state index contributed by atoms with van der Waals surface area (Å²) in [4.78, 5) is 15.1. The molecule has 164 valence electrons. The zero-order valence-corrected chi connectivity index (χ0v) is 18.7. The van der Waals surface area contributed by atoms with Gasteiger partial charge in [0.15, 0.2) is 0 Å². The normalized spacial score (nSPS) is 18.7. The van der Waals surface area contributed by atoms with E-state index in [0.29, 0.717) is 13.1 Å². The smallest absolute Gasteiger partial charge is 0.234 e. The maximum Gasteiger partial charge on any atom is 0.234 e. The molecule has 1 fully saturated rings. The molecule has 7 heteroatoms. The quantitative estimate of drug-likeness (QED) is 0.669. The molecule has 30 heavy (non-hydrogen) atoms. The van der Waals surface area contributed by atoms with Crippen molar-refractivity contribution in [2.75, 3.05) is 40.4 Å². The molecule has 1 saturated heterocycles. The van der Waals surface area contributed by atoms with E-state index in [1.165, 1.54) is 0 Å². The van der Waals surface area contributed by atoms with Crippen molar-refractivity contribution in [1.82, 2.24) is 10.2 Å². The number of halogens is 1. The van der Waals surface area contributed by atoms with Gasteiger partial charge in [0.2, 0.25) is 5.91 Å². The molecule has 1 amide bonds. The molecule has 0 saturated carbocycles. The number of nitrogens with one attached hydrogen (secondary N) is 1. The van der Waals surface area contributed by atoms with Crippen molar-refractivity contribution >= 4 is 18.3 Å². The molecule has 0 radical (unpaired) electrons. The lowest BCUT2D eigenvalue weighted by Crippen LogP contribution is -2.39. The average molecular weight is 434 g/mol. The highest BCUT2D eigenvalue weighted by Crippen LogP contribution is 2.29. The molecular formula is C23H32ClN3O3. The first-order valence-corrected chi connectivity index (χ1v) is 9.96. The Bertz CT molecular complexity index is 766. The van der Waals surface area contributed by atoms with Crippen LogP contribution in [0.25, 0.3) is 0 Å². The second kappa shape index (κ2) is 10.7. The maximum absolute atomic E-state index is 12.9. The van der Waals surface area contributed by atoms with Crippen LogP contribution in [0.5, 0.6) is 11.5 Å². The topological polar surface area (TPSA) is 76.8 Å².